The highest BCUT2D eigenvalue weighted by Gasteiger charge is 2.15. The summed E-state index contributed by atoms with van der Waals surface area (Å²) in [5, 5.41) is 0.661. The van der Waals surface area contributed by atoms with Crippen molar-refractivity contribution in [1.29, 1.82) is 0 Å². The van der Waals surface area contributed by atoms with Gasteiger partial charge in [-0.2, -0.15) is 4.98 Å². The van der Waals surface area contributed by atoms with Crippen LogP contribution in [0.1, 0.15) is 57.9 Å². The van der Waals surface area contributed by atoms with Gasteiger partial charge in [-0.1, -0.05) is 74.6 Å². The number of nitrogens with zero attached hydrogens (tertiary/aromatic N) is 1. The maximum Gasteiger partial charge on any atom is 0.279 e. The maximum absolute atomic E-state index is 6.00. The molecule has 0 aliphatic carbocycles. The first kappa shape index (κ1) is 19.7. The SMILES string of the molecule is CCCCCCCCc1ccc2sc(Oc3ccccc3)nc2c1OCC. The lowest BCUT2D eigenvalue weighted by atomic mass is 10.0. The summed E-state index contributed by atoms with van der Waals surface area (Å²) in [6.07, 6.45) is 8.84. The Morgan fingerprint density at radius 1 is 0.889 bits per heavy atom. The molecule has 3 aromatic rings. The standard InChI is InChI=1S/C23H29NO2S/c1-3-5-6-7-8-10-13-18-16-17-20-21(22(18)25-4-2)24-23(27-20)26-19-14-11-9-12-15-19/h9,11-12,14-17H,3-8,10,13H2,1-2H3. The molecule has 0 radical (unpaired) electrons. The van der Waals surface area contributed by atoms with Gasteiger partial charge < -0.3 is 9.47 Å². The fourth-order valence-corrected chi connectivity index (χ4v) is 4.06. The van der Waals surface area contributed by atoms with E-state index in [1.807, 2.05) is 37.3 Å². The Morgan fingerprint density at radius 2 is 1.67 bits per heavy atom. The third-order valence-corrected chi connectivity index (χ3v) is 5.51. The average molecular weight is 384 g/mol. The summed E-state index contributed by atoms with van der Waals surface area (Å²) in [5.41, 5.74) is 2.19. The van der Waals surface area contributed by atoms with Crippen molar-refractivity contribution in [2.45, 2.75) is 58.8 Å². The van der Waals surface area contributed by atoms with Gasteiger partial charge in [-0.3, -0.25) is 0 Å². The molecule has 0 aliphatic rings. The number of hydrogen-bond acceptors (Lipinski definition) is 4. The molecule has 0 aliphatic heterocycles. The highest BCUT2D eigenvalue weighted by Crippen LogP contribution is 2.38. The summed E-state index contributed by atoms with van der Waals surface area (Å²) < 4.78 is 13.0. The molecular weight excluding hydrogens is 354 g/mol. The Morgan fingerprint density at radius 3 is 2.44 bits per heavy atom. The summed E-state index contributed by atoms with van der Waals surface area (Å²) in [5.74, 6) is 1.74. The second-order valence-corrected chi connectivity index (χ2v) is 7.74. The van der Waals surface area contributed by atoms with E-state index in [9.17, 15) is 0 Å². The number of ether oxygens (including phenoxy) is 2. The normalized spacial score (nSPS) is 11.0. The number of benzene rings is 2. The van der Waals surface area contributed by atoms with Crippen LogP contribution in [0.2, 0.25) is 0 Å². The highest BCUT2D eigenvalue weighted by atomic mass is 32.1. The van der Waals surface area contributed by atoms with Crippen LogP contribution in [0.3, 0.4) is 0 Å². The molecule has 3 nitrogen and oxygen atoms in total. The summed E-state index contributed by atoms with van der Waals surface area (Å²) in [4.78, 5) is 4.73. The molecule has 3 rings (SSSR count). The van der Waals surface area contributed by atoms with Gasteiger partial charge in [-0.25, -0.2) is 0 Å². The van der Waals surface area contributed by atoms with E-state index in [1.165, 1.54) is 44.1 Å². The monoisotopic (exact) mass is 383 g/mol. The molecule has 0 bridgehead atoms. The van der Waals surface area contributed by atoms with Gasteiger partial charge in [0.2, 0.25) is 0 Å². The minimum Gasteiger partial charge on any atom is -0.491 e. The van der Waals surface area contributed by atoms with Crippen molar-refractivity contribution in [3.63, 3.8) is 0 Å². The number of hydrogen-bond donors (Lipinski definition) is 0. The van der Waals surface area contributed by atoms with Crippen LogP contribution in [0.15, 0.2) is 42.5 Å². The molecule has 1 aromatic heterocycles. The Bertz CT molecular complexity index is 829. The lowest BCUT2D eigenvalue weighted by molar-refractivity contribution is 0.339. The van der Waals surface area contributed by atoms with Gasteiger partial charge in [0.1, 0.15) is 17.0 Å². The van der Waals surface area contributed by atoms with E-state index in [0.717, 1.165) is 28.1 Å². The maximum atomic E-state index is 6.00. The van der Waals surface area contributed by atoms with E-state index in [1.54, 1.807) is 11.3 Å². The van der Waals surface area contributed by atoms with Crippen LogP contribution < -0.4 is 9.47 Å². The molecule has 0 saturated heterocycles. The predicted octanol–water partition coefficient (Wildman–Crippen LogP) is 7.39. The quantitative estimate of drug-likeness (QED) is 0.323. The lowest BCUT2D eigenvalue weighted by Gasteiger charge is -2.10. The number of unbranched alkanes of at least 4 members (excludes halogenated alkanes) is 5. The molecule has 0 fully saturated rings. The van der Waals surface area contributed by atoms with Gasteiger partial charge in [0.15, 0.2) is 0 Å². The van der Waals surface area contributed by atoms with Crippen molar-refractivity contribution >= 4 is 21.6 Å². The molecule has 0 amide bonds. The second-order valence-electron chi connectivity index (χ2n) is 6.75. The first-order chi connectivity index (χ1) is 13.3. The zero-order valence-electron chi connectivity index (χ0n) is 16.4. The zero-order chi connectivity index (χ0) is 18.9. The number of rotatable bonds is 11. The highest BCUT2D eigenvalue weighted by molar-refractivity contribution is 7.20. The molecule has 0 N–H and O–H groups in total. The van der Waals surface area contributed by atoms with Crippen molar-refractivity contribution < 1.29 is 9.47 Å². The largest absolute Gasteiger partial charge is 0.491 e. The van der Waals surface area contributed by atoms with Gasteiger partial charge in [-0.05, 0) is 43.5 Å². The first-order valence-corrected chi connectivity index (χ1v) is 10.9. The predicted molar refractivity (Wildman–Crippen MR) is 114 cm³/mol. The fourth-order valence-electron chi connectivity index (χ4n) is 3.22. The number of para-hydroxylation sites is 1. The topological polar surface area (TPSA) is 31.4 Å². The van der Waals surface area contributed by atoms with Crippen LogP contribution >= 0.6 is 11.3 Å². The van der Waals surface area contributed by atoms with Crippen molar-refractivity contribution in [3.8, 4) is 16.7 Å². The number of aryl methyl sites for hydroxylation is 1. The first-order valence-electron chi connectivity index (χ1n) is 10.1. The molecule has 2 aromatic carbocycles. The van der Waals surface area contributed by atoms with Crippen molar-refractivity contribution in [2.24, 2.45) is 0 Å². The second kappa shape index (κ2) is 10.3. The number of aromatic nitrogens is 1. The smallest absolute Gasteiger partial charge is 0.279 e. The fraction of sp³-hybridized carbons (Fsp3) is 0.435. The van der Waals surface area contributed by atoms with Gasteiger partial charge >= 0.3 is 0 Å². The Balaban J connectivity index is 1.73. The van der Waals surface area contributed by atoms with Crippen molar-refractivity contribution in [2.75, 3.05) is 6.61 Å². The van der Waals surface area contributed by atoms with Gasteiger partial charge in [-0.15, -0.1) is 0 Å². The minimum atomic E-state index is 0.648. The van der Waals surface area contributed by atoms with Gasteiger partial charge in [0, 0.05) is 0 Å². The van der Waals surface area contributed by atoms with E-state index < -0.39 is 0 Å². The lowest BCUT2D eigenvalue weighted by Crippen LogP contribution is -1.98. The van der Waals surface area contributed by atoms with E-state index >= 15 is 0 Å². The number of thiazole rings is 1. The summed E-state index contributed by atoms with van der Waals surface area (Å²) >= 11 is 1.56. The summed E-state index contributed by atoms with van der Waals surface area (Å²) in [7, 11) is 0. The van der Waals surface area contributed by atoms with Crippen LogP contribution in [0.4, 0.5) is 0 Å². The third kappa shape index (κ3) is 5.46. The zero-order valence-corrected chi connectivity index (χ0v) is 17.2. The molecule has 0 unspecified atom stereocenters. The van der Waals surface area contributed by atoms with E-state index in [0.29, 0.717) is 11.8 Å². The molecule has 0 spiro atoms. The molecule has 0 saturated carbocycles. The van der Waals surface area contributed by atoms with E-state index in [4.69, 9.17) is 14.5 Å². The Labute approximate surface area is 166 Å². The average Bonchev–Trinajstić information content (AvgIpc) is 3.09. The van der Waals surface area contributed by atoms with Gasteiger partial charge in [0.25, 0.3) is 5.19 Å². The summed E-state index contributed by atoms with van der Waals surface area (Å²) in [6.45, 7) is 4.93. The Kier molecular flexibility index (Phi) is 7.52. The van der Waals surface area contributed by atoms with Crippen LogP contribution in [0.25, 0.3) is 10.2 Å². The minimum absolute atomic E-state index is 0.648. The van der Waals surface area contributed by atoms with E-state index in [-0.39, 0.29) is 0 Å². The Hall–Kier alpha value is -2.07. The van der Waals surface area contributed by atoms with Crippen LogP contribution in [-0.4, -0.2) is 11.6 Å². The molecule has 1 heterocycles. The molecule has 27 heavy (non-hydrogen) atoms. The third-order valence-electron chi connectivity index (χ3n) is 4.61. The molecule has 4 heteroatoms. The molecule has 0 atom stereocenters. The molecular formula is C23H29NO2S. The summed E-state index contributed by atoms with van der Waals surface area (Å²) in [6, 6.07) is 14.1. The van der Waals surface area contributed by atoms with Crippen molar-refractivity contribution in [1.82, 2.24) is 4.98 Å². The van der Waals surface area contributed by atoms with Crippen LogP contribution in [0, 0.1) is 0 Å². The van der Waals surface area contributed by atoms with Crippen LogP contribution in [-0.2, 0) is 6.42 Å². The van der Waals surface area contributed by atoms with Crippen LogP contribution in [0.5, 0.6) is 16.7 Å². The van der Waals surface area contributed by atoms with E-state index in [2.05, 4.69) is 19.1 Å². The van der Waals surface area contributed by atoms with Gasteiger partial charge in [0.05, 0.1) is 11.3 Å². The van der Waals surface area contributed by atoms with Crippen molar-refractivity contribution in [3.05, 3.63) is 48.0 Å². The molecule has 144 valence electrons. The number of fused-ring (bicyclic) bond motifs is 1.